The van der Waals surface area contributed by atoms with Crippen LogP contribution in [0.1, 0.15) is 35.8 Å². The highest BCUT2D eigenvalue weighted by molar-refractivity contribution is 6.16. The van der Waals surface area contributed by atoms with E-state index >= 15 is 0 Å². The first kappa shape index (κ1) is 12.8. The molecule has 2 N–H and O–H groups in total. The average Bonchev–Trinajstić information content (AvgIpc) is 2.29. The zero-order valence-electron chi connectivity index (χ0n) is 9.20. The highest BCUT2D eigenvalue weighted by atomic mass is 35.5. The number of pyridine rings is 1. The molecule has 88 valence electrons. The van der Waals surface area contributed by atoms with Gasteiger partial charge in [0, 0.05) is 0 Å². The van der Waals surface area contributed by atoms with E-state index < -0.39 is 5.97 Å². The Balaban J connectivity index is 2.68. The molecule has 0 saturated heterocycles. The van der Waals surface area contributed by atoms with E-state index in [1.165, 1.54) is 0 Å². The topological polar surface area (TPSA) is 65.2 Å². The maximum atomic E-state index is 11.6. The lowest BCUT2D eigenvalue weighted by Gasteiger charge is -2.06. The van der Waals surface area contributed by atoms with Crippen molar-refractivity contribution in [3.8, 4) is 0 Å². The Bertz CT molecular complexity index is 369. The Labute approximate surface area is 99.8 Å². The van der Waals surface area contributed by atoms with Gasteiger partial charge in [0.2, 0.25) is 0 Å². The van der Waals surface area contributed by atoms with Gasteiger partial charge in [-0.15, -0.1) is 11.6 Å². The fourth-order valence-electron chi connectivity index (χ4n) is 1.15. The summed E-state index contributed by atoms with van der Waals surface area (Å²) in [6, 6.07) is 3.26. The lowest BCUT2D eigenvalue weighted by molar-refractivity contribution is 0.0500. The number of aromatic nitrogens is 1. The molecule has 0 unspecified atom stereocenters. The van der Waals surface area contributed by atoms with Crippen LogP contribution in [-0.4, -0.2) is 17.6 Å². The molecule has 0 spiro atoms. The first-order valence-electron chi connectivity index (χ1n) is 5.17. The number of ether oxygens (including phenoxy) is 1. The normalized spacial score (nSPS) is 10.1. The number of carbonyl (C=O) groups excluding carboxylic acids is 1. The predicted molar refractivity (Wildman–Crippen MR) is 63.4 cm³/mol. The number of rotatable bonds is 5. The molecule has 1 heterocycles. The molecule has 0 amide bonds. The Morgan fingerprint density at radius 3 is 2.88 bits per heavy atom. The Morgan fingerprint density at radius 1 is 1.56 bits per heavy atom. The van der Waals surface area contributed by atoms with E-state index in [1.54, 1.807) is 12.1 Å². The van der Waals surface area contributed by atoms with Gasteiger partial charge in [0.1, 0.15) is 11.4 Å². The molecule has 0 radical (unpaired) electrons. The minimum atomic E-state index is -0.431. The van der Waals surface area contributed by atoms with E-state index in [9.17, 15) is 4.79 Å². The molecule has 0 atom stereocenters. The second-order valence-electron chi connectivity index (χ2n) is 3.36. The number of unbranched alkanes of at least 4 members (excludes halogenated alkanes) is 1. The van der Waals surface area contributed by atoms with Crippen molar-refractivity contribution in [3.05, 3.63) is 23.4 Å². The maximum absolute atomic E-state index is 11.6. The van der Waals surface area contributed by atoms with Crippen LogP contribution in [0, 0.1) is 0 Å². The molecular formula is C11H15ClN2O2. The van der Waals surface area contributed by atoms with Crippen LogP contribution in [0.25, 0.3) is 0 Å². The van der Waals surface area contributed by atoms with Gasteiger partial charge in [0.05, 0.1) is 18.2 Å². The maximum Gasteiger partial charge on any atom is 0.341 e. The molecule has 16 heavy (non-hydrogen) atoms. The van der Waals surface area contributed by atoms with Crippen molar-refractivity contribution in [1.82, 2.24) is 4.98 Å². The van der Waals surface area contributed by atoms with Crippen LogP contribution in [0.4, 0.5) is 5.82 Å². The third-order valence-corrected chi connectivity index (χ3v) is 2.34. The Kier molecular flexibility index (Phi) is 5.05. The smallest absolute Gasteiger partial charge is 0.341 e. The summed E-state index contributed by atoms with van der Waals surface area (Å²) in [4.78, 5) is 15.6. The number of hydrogen-bond acceptors (Lipinski definition) is 4. The fourth-order valence-corrected chi connectivity index (χ4v) is 1.30. The molecule has 0 aliphatic heterocycles. The number of hydrogen-bond donors (Lipinski definition) is 1. The summed E-state index contributed by atoms with van der Waals surface area (Å²) < 4.78 is 5.03. The molecule has 0 aliphatic rings. The number of nitrogen functional groups attached to an aromatic ring is 1. The zero-order valence-corrected chi connectivity index (χ0v) is 9.96. The van der Waals surface area contributed by atoms with Crippen LogP contribution >= 0.6 is 11.6 Å². The number of halogens is 1. The highest BCUT2D eigenvalue weighted by Crippen LogP contribution is 2.12. The van der Waals surface area contributed by atoms with Crippen molar-refractivity contribution in [2.24, 2.45) is 0 Å². The van der Waals surface area contributed by atoms with Gasteiger partial charge < -0.3 is 10.5 Å². The largest absolute Gasteiger partial charge is 0.462 e. The summed E-state index contributed by atoms with van der Waals surface area (Å²) in [5.74, 6) is 0.00857. The number of esters is 1. The fraction of sp³-hybridized carbons (Fsp3) is 0.455. The van der Waals surface area contributed by atoms with Crippen LogP contribution in [0.15, 0.2) is 12.1 Å². The Morgan fingerprint density at radius 2 is 2.31 bits per heavy atom. The first-order valence-corrected chi connectivity index (χ1v) is 5.71. The molecule has 1 aromatic rings. The van der Waals surface area contributed by atoms with Crippen molar-refractivity contribution >= 4 is 23.4 Å². The minimum absolute atomic E-state index is 0.166. The lowest BCUT2D eigenvalue weighted by Crippen LogP contribution is -2.11. The molecule has 5 heteroatoms. The van der Waals surface area contributed by atoms with Gasteiger partial charge in [-0.3, -0.25) is 0 Å². The molecule has 4 nitrogen and oxygen atoms in total. The van der Waals surface area contributed by atoms with Crippen molar-refractivity contribution in [2.45, 2.75) is 25.6 Å². The van der Waals surface area contributed by atoms with E-state index in [-0.39, 0.29) is 11.7 Å². The number of nitrogens with zero attached hydrogens (tertiary/aromatic N) is 1. The number of carbonyl (C=O) groups is 1. The Hall–Kier alpha value is -1.29. The summed E-state index contributed by atoms with van der Waals surface area (Å²) >= 11 is 5.60. The molecule has 1 rings (SSSR count). The van der Waals surface area contributed by atoms with Crippen molar-refractivity contribution < 1.29 is 9.53 Å². The number of alkyl halides is 1. The van der Waals surface area contributed by atoms with Crippen molar-refractivity contribution in [1.29, 1.82) is 0 Å². The molecule has 0 aromatic carbocycles. The van der Waals surface area contributed by atoms with Crippen molar-refractivity contribution in [3.63, 3.8) is 0 Å². The molecule has 0 saturated carbocycles. The average molecular weight is 243 g/mol. The number of nitrogens with two attached hydrogens (primary N) is 1. The van der Waals surface area contributed by atoms with Crippen molar-refractivity contribution in [2.75, 3.05) is 12.3 Å². The van der Waals surface area contributed by atoms with E-state index in [1.807, 2.05) is 6.92 Å². The monoisotopic (exact) mass is 242 g/mol. The molecular weight excluding hydrogens is 228 g/mol. The van der Waals surface area contributed by atoms with Gasteiger partial charge in [-0.25, -0.2) is 9.78 Å². The summed E-state index contributed by atoms with van der Waals surface area (Å²) in [7, 11) is 0. The summed E-state index contributed by atoms with van der Waals surface area (Å²) in [5.41, 5.74) is 6.57. The van der Waals surface area contributed by atoms with Crippen LogP contribution < -0.4 is 5.73 Å². The third-order valence-electron chi connectivity index (χ3n) is 2.07. The SMILES string of the molecule is CCCCOC(=O)c1ccc(CCl)nc1N. The minimum Gasteiger partial charge on any atom is -0.462 e. The number of anilines is 1. The molecule has 0 fully saturated rings. The summed E-state index contributed by atoms with van der Waals surface area (Å²) in [6.07, 6.45) is 1.82. The molecule has 1 aromatic heterocycles. The predicted octanol–water partition coefficient (Wildman–Crippen LogP) is 2.36. The van der Waals surface area contributed by atoms with Gasteiger partial charge in [0.15, 0.2) is 0 Å². The van der Waals surface area contributed by atoms with Crippen LogP contribution in [-0.2, 0) is 10.6 Å². The second-order valence-corrected chi connectivity index (χ2v) is 3.63. The van der Waals surface area contributed by atoms with Gasteiger partial charge in [-0.2, -0.15) is 0 Å². The summed E-state index contributed by atoms with van der Waals surface area (Å²) in [5, 5.41) is 0. The molecule has 0 aliphatic carbocycles. The van der Waals surface area contributed by atoms with Gasteiger partial charge in [0.25, 0.3) is 0 Å². The van der Waals surface area contributed by atoms with Crippen LogP contribution in [0.5, 0.6) is 0 Å². The van der Waals surface area contributed by atoms with E-state index in [0.29, 0.717) is 17.9 Å². The van der Waals surface area contributed by atoms with E-state index in [4.69, 9.17) is 22.1 Å². The lowest BCUT2D eigenvalue weighted by atomic mass is 10.2. The van der Waals surface area contributed by atoms with Crippen LogP contribution in [0.3, 0.4) is 0 Å². The van der Waals surface area contributed by atoms with Gasteiger partial charge in [-0.1, -0.05) is 13.3 Å². The standard InChI is InChI=1S/C11H15ClN2O2/c1-2-3-6-16-11(15)9-5-4-8(7-12)14-10(9)13/h4-5H,2-3,6-7H2,1H3,(H2,13,14). The zero-order chi connectivity index (χ0) is 12.0. The van der Waals surface area contributed by atoms with Crippen LogP contribution in [0.2, 0.25) is 0 Å². The third kappa shape index (κ3) is 3.38. The van der Waals surface area contributed by atoms with E-state index in [0.717, 1.165) is 12.8 Å². The van der Waals surface area contributed by atoms with E-state index in [2.05, 4.69) is 4.98 Å². The quantitative estimate of drug-likeness (QED) is 0.489. The summed E-state index contributed by atoms with van der Waals surface area (Å²) in [6.45, 7) is 2.44. The molecule has 0 bridgehead atoms. The van der Waals surface area contributed by atoms with Gasteiger partial charge in [-0.05, 0) is 18.6 Å². The van der Waals surface area contributed by atoms with Gasteiger partial charge >= 0.3 is 5.97 Å². The highest BCUT2D eigenvalue weighted by Gasteiger charge is 2.12. The second kappa shape index (κ2) is 6.33. The first-order chi connectivity index (χ1) is 7.69.